The molecule has 0 aliphatic carbocycles. The van der Waals surface area contributed by atoms with Crippen molar-refractivity contribution in [1.82, 2.24) is 19.6 Å². The number of fused-ring (bicyclic) bond motifs is 4. The molecular weight excluding hydrogens is 472 g/mol. The van der Waals surface area contributed by atoms with Crippen LogP contribution >= 0.6 is 0 Å². The smallest absolute Gasteiger partial charge is 0.341 e. The van der Waals surface area contributed by atoms with Crippen LogP contribution in [0.2, 0.25) is 0 Å². The Hall–Kier alpha value is -4.74. The van der Waals surface area contributed by atoms with Crippen LogP contribution in [0, 0.1) is 11.6 Å². The van der Waals surface area contributed by atoms with Crippen molar-refractivity contribution >= 4 is 50.3 Å². The summed E-state index contributed by atoms with van der Waals surface area (Å²) in [7, 11) is 6.67. The van der Waals surface area contributed by atoms with Crippen molar-refractivity contribution in [2.75, 3.05) is 43.8 Å². The first-order chi connectivity index (χ1) is 17.2. The van der Waals surface area contributed by atoms with Crippen molar-refractivity contribution in [3.63, 3.8) is 0 Å². The van der Waals surface area contributed by atoms with Gasteiger partial charge in [0.05, 0.1) is 33.1 Å². The Morgan fingerprint density at radius 1 is 1.14 bits per heavy atom. The van der Waals surface area contributed by atoms with E-state index in [9.17, 15) is 19.1 Å². The highest BCUT2D eigenvalue weighted by Crippen LogP contribution is 2.42. The number of rotatable bonds is 5. The number of nitrogens with zero attached hydrogens (tertiary/aromatic N) is 4. The highest BCUT2D eigenvalue weighted by molar-refractivity contribution is 6.18. The molecule has 0 unspecified atom stereocenters. The molecule has 5 aromatic rings. The van der Waals surface area contributed by atoms with Crippen LogP contribution in [0.3, 0.4) is 0 Å². The predicted octanol–water partition coefficient (Wildman–Crippen LogP) is 3.35. The van der Waals surface area contributed by atoms with Crippen LogP contribution in [-0.2, 0) is 0 Å². The van der Waals surface area contributed by atoms with Gasteiger partial charge < -0.3 is 25.7 Å². The van der Waals surface area contributed by atoms with Gasteiger partial charge in [-0.2, -0.15) is 0 Å². The minimum Gasteiger partial charge on any atom is -0.477 e. The fourth-order valence-electron chi connectivity index (χ4n) is 4.50. The Morgan fingerprint density at radius 3 is 2.53 bits per heavy atom. The summed E-state index contributed by atoms with van der Waals surface area (Å²) in [5.74, 6) is -3.40. The standard InChI is InChI=1S/C24H21F2N7O3/c1-27-15-6-14(25)18(26)16-17-20(32(3)4)12(8-29-22(17)31-19(15)16)10-5-11-21(34)13(24(35)36)9-33(28-2)23(11)30-7-10/h5-9,27-28H,1-4H3,(H,29,31)(H,35,36). The highest BCUT2D eigenvalue weighted by atomic mass is 19.2. The number of anilines is 2. The zero-order valence-corrected chi connectivity index (χ0v) is 19.7. The topological polar surface area (TPSA) is 128 Å². The summed E-state index contributed by atoms with van der Waals surface area (Å²) in [6.07, 6.45) is 4.22. The van der Waals surface area contributed by atoms with E-state index < -0.39 is 28.6 Å². The first-order valence-corrected chi connectivity index (χ1v) is 10.8. The molecule has 4 N–H and O–H groups in total. The molecule has 5 rings (SSSR count). The molecular formula is C24H21F2N7O3. The summed E-state index contributed by atoms with van der Waals surface area (Å²) in [6.45, 7) is 0. The molecule has 1 aromatic carbocycles. The Kier molecular flexibility index (Phi) is 5.23. The van der Waals surface area contributed by atoms with Gasteiger partial charge in [-0.1, -0.05) is 0 Å². The Bertz CT molecular complexity index is 1780. The van der Waals surface area contributed by atoms with Gasteiger partial charge in [-0.15, -0.1) is 0 Å². The zero-order valence-electron chi connectivity index (χ0n) is 19.7. The normalized spacial score (nSPS) is 11.4. The fraction of sp³-hybridized carbons (Fsp3) is 0.167. The first-order valence-electron chi connectivity index (χ1n) is 10.8. The molecule has 0 bridgehead atoms. The van der Waals surface area contributed by atoms with Crippen molar-refractivity contribution in [1.29, 1.82) is 0 Å². The number of pyridine rings is 3. The maximum absolute atomic E-state index is 15.1. The molecule has 0 fully saturated rings. The predicted molar refractivity (Wildman–Crippen MR) is 135 cm³/mol. The number of aromatic nitrogens is 4. The second-order valence-corrected chi connectivity index (χ2v) is 8.35. The number of aromatic carboxylic acids is 1. The van der Waals surface area contributed by atoms with Gasteiger partial charge in [-0.05, 0) is 6.07 Å². The van der Waals surface area contributed by atoms with E-state index in [2.05, 4.69) is 25.7 Å². The number of halogens is 2. The van der Waals surface area contributed by atoms with Gasteiger partial charge in [0.25, 0.3) is 0 Å². The number of aromatic amines is 1. The summed E-state index contributed by atoms with van der Waals surface area (Å²) >= 11 is 0. The number of nitrogens with one attached hydrogen (secondary N) is 3. The van der Waals surface area contributed by atoms with Crippen LogP contribution < -0.4 is 21.1 Å². The lowest BCUT2D eigenvalue weighted by atomic mass is 10.0. The number of carboxylic acid groups (broad SMARTS) is 1. The van der Waals surface area contributed by atoms with E-state index in [1.165, 1.54) is 23.1 Å². The Balaban J connectivity index is 1.89. The highest BCUT2D eigenvalue weighted by Gasteiger charge is 2.24. The molecule has 12 heteroatoms. The van der Waals surface area contributed by atoms with E-state index in [0.29, 0.717) is 39.1 Å². The minimum atomic E-state index is -1.37. The maximum atomic E-state index is 15.1. The van der Waals surface area contributed by atoms with E-state index in [1.807, 2.05) is 0 Å². The van der Waals surface area contributed by atoms with Gasteiger partial charge in [-0.25, -0.2) is 28.2 Å². The molecule has 4 heterocycles. The molecule has 4 aromatic heterocycles. The number of hydrogen-bond donors (Lipinski definition) is 4. The van der Waals surface area contributed by atoms with Crippen molar-refractivity contribution in [3.05, 3.63) is 58.1 Å². The summed E-state index contributed by atoms with van der Waals surface area (Å²) in [6, 6.07) is 2.59. The molecule has 10 nitrogen and oxygen atoms in total. The lowest BCUT2D eigenvalue weighted by molar-refractivity contribution is 0.0695. The molecule has 0 amide bonds. The van der Waals surface area contributed by atoms with Gasteiger partial charge in [0.15, 0.2) is 17.3 Å². The number of H-pyrrole nitrogens is 1. The van der Waals surface area contributed by atoms with Crippen molar-refractivity contribution in [2.45, 2.75) is 0 Å². The van der Waals surface area contributed by atoms with Crippen LogP contribution in [0.1, 0.15) is 10.4 Å². The van der Waals surface area contributed by atoms with Gasteiger partial charge in [-0.3, -0.25) is 4.79 Å². The molecule has 0 aliphatic rings. The lowest BCUT2D eigenvalue weighted by Crippen LogP contribution is -2.22. The molecule has 0 saturated carbocycles. The third kappa shape index (κ3) is 3.21. The van der Waals surface area contributed by atoms with Crippen LogP contribution in [0.25, 0.3) is 44.1 Å². The van der Waals surface area contributed by atoms with E-state index >= 15 is 4.39 Å². The van der Waals surface area contributed by atoms with Gasteiger partial charge in [0.1, 0.15) is 11.2 Å². The molecule has 36 heavy (non-hydrogen) atoms. The summed E-state index contributed by atoms with van der Waals surface area (Å²) in [5, 5.41) is 12.8. The Labute approximate surface area is 202 Å². The SMILES string of the molecule is CNc1cc(F)c(F)c2c1[nH]c1ncc(-c3cnc4c(c3)c(=O)c(C(=O)O)cn4NC)c(N(C)C)c12. The number of hydrogen-bond acceptors (Lipinski definition) is 7. The average Bonchev–Trinajstić information content (AvgIpc) is 3.25. The van der Waals surface area contributed by atoms with E-state index in [0.717, 1.165) is 6.07 Å². The third-order valence-corrected chi connectivity index (χ3v) is 6.11. The third-order valence-electron chi connectivity index (χ3n) is 6.11. The molecule has 184 valence electrons. The summed E-state index contributed by atoms with van der Waals surface area (Å²) in [4.78, 5) is 38.2. The van der Waals surface area contributed by atoms with Crippen molar-refractivity contribution in [2.24, 2.45) is 0 Å². The lowest BCUT2D eigenvalue weighted by Gasteiger charge is -2.19. The maximum Gasteiger partial charge on any atom is 0.341 e. The quantitative estimate of drug-likeness (QED) is 0.294. The monoisotopic (exact) mass is 493 g/mol. The van der Waals surface area contributed by atoms with E-state index in [4.69, 9.17) is 0 Å². The minimum absolute atomic E-state index is 0.0341. The van der Waals surface area contributed by atoms with Gasteiger partial charge in [0.2, 0.25) is 5.43 Å². The zero-order chi connectivity index (χ0) is 25.9. The van der Waals surface area contributed by atoms with E-state index in [-0.39, 0.29) is 16.4 Å². The van der Waals surface area contributed by atoms with Crippen LogP contribution in [-0.4, -0.2) is 58.9 Å². The molecule has 0 saturated heterocycles. The fourth-order valence-corrected chi connectivity index (χ4v) is 4.50. The second kappa shape index (κ2) is 8.18. The number of benzene rings is 1. The molecule has 0 radical (unpaired) electrons. The van der Waals surface area contributed by atoms with Crippen LogP contribution in [0.5, 0.6) is 0 Å². The molecule has 0 aliphatic heterocycles. The summed E-state index contributed by atoms with van der Waals surface area (Å²) < 4.78 is 31.0. The number of carbonyl (C=O) groups is 1. The number of carboxylic acids is 1. The van der Waals surface area contributed by atoms with Crippen molar-refractivity contribution in [3.8, 4) is 11.1 Å². The average molecular weight is 493 g/mol. The van der Waals surface area contributed by atoms with Gasteiger partial charge in [0, 0.05) is 64.0 Å². The molecule has 0 atom stereocenters. The first kappa shape index (κ1) is 23.0. The largest absolute Gasteiger partial charge is 0.477 e. The molecule has 0 spiro atoms. The second-order valence-electron chi connectivity index (χ2n) is 8.35. The Morgan fingerprint density at radius 2 is 1.89 bits per heavy atom. The van der Waals surface area contributed by atoms with Crippen molar-refractivity contribution < 1.29 is 18.7 Å². The summed E-state index contributed by atoms with van der Waals surface area (Å²) in [5.41, 5.74) is 4.43. The van der Waals surface area contributed by atoms with E-state index in [1.54, 1.807) is 39.3 Å². The van der Waals surface area contributed by atoms with Crippen LogP contribution in [0.15, 0.2) is 35.5 Å². The van der Waals surface area contributed by atoms with Gasteiger partial charge >= 0.3 is 5.97 Å². The van der Waals surface area contributed by atoms with Crippen LogP contribution in [0.4, 0.5) is 20.2 Å².